The zero-order valence-electron chi connectivity index (χ0n) is 38.0. The number of nitrogens with one attached hydrogen (secondary N) is 2. The van der Waals surface area contributed by atoms with Crippen molar-refractivity contribution in [1.82, 2.24) is 0 Å². The lowest BCUT2D eigenvalue weighted by atomic mass is 9.90. The third-order valence-electron chi connectivity index (χ3n) is 10.3. The lowest BCUT2D eigenvalue weighted by Crippen LogP contribution is -2.18. The van der Waals surface area contributed by atoms with Gasteiger partial charge in [0.2, 0.25) is 11.8 Å². The number of carbonyl (C=O) groups is 4. The minimum absolute atomic E-state index is 0.183. The molecule has 1 heterocycles. The van der Waals surface area contributed by atoms with Gasteiger partial charge in [-0.2, -0.15) is 0 Å². The summed E-state index contributed by atoms with van der Waals surface area (Å²) >= 11 is 0. The van der Waals surface area contributed by atoms with E-state index < -0.39 is 36.6 Å². The molecule has 0 fully saturated rings. The van der Waals surface area contributed by atoms with Crippen molar-refractivity contribution in [3.8, 4) is 23.0 Å². The molecule has 0 spiro atoms. The number of aliphatic carboxylic acids is 2. The Bertz CT molecular complexity index is 2070. The van der Waals surface area contributed by atoms with Crippen LogP contribution in [0.1, 0.15) is 85.0 Å². The summed E-state index contributed by atoms with van der Waals surface area (Å²) in [6, 6.07) is 18.9. The van der Waals surface area contributed by atoms with E-state index >= 15 is 0 Å². The van der Waals surface area contributed by atoms with Crippen LogP contribution in [0.5, 0.6) is 23.0 Å². The molecule has 2 aliphatic rings. The number of anilines is 2. The zero-order chi connectivity index (χ0) is 47.0. The number of carboxylic acids is 2. The molecule has 16 heteroatoms. The van der Waals surface area contributed by atoms with Crippen molar-refractivity contribution in [3.63, 3.8) is 0 Å². The number of benzene rings is 4. The van der Waals surface area contributed by atoms with Crippen LogP contribution in [-0.4, -0.2) is 112 Å². The molecule has 2 amide bonds. The quantitative estimate of drug-likeness (QED) is 0.109. The average molecular weight is 913 g/mol. The Morgan fingerprint density at radius 2 is 0.773 bits per heavy atom. The highest BCUT2D eigenvalue weighted by Gasteiger charge is 2.25. The minimum Gasteiger partial charge on any atom is -0.491 e. The summed E-state index contributed by atoms with van der Waals surface area (Å²) in [5, 5.41) is 24.5. The summed E-state index contributed by atoms with van der Waals surface area (Å²) in [6.45, 7) is 10.8. The van der Waals surface area contributed by atoms with E-state index in [1.54, 1.807) is 24.3 Å². The molecule has 0 saturated carbocycles. The van der Waals surface area contributed by atoms with Crippen LogP contribution >= 0.6 is 0 Å². The van der Waals surface area contributed by atoms with Crippen LogP contribution in [0.4, 0.5) is 11.4 Å². The van der Waals surface area contributed by atoms with E-state index in [-0.39, 0.29) is 64.3 Å². The number of rotatable bonds is 10. The molecule has 16 nitrogen and oxygen atoms in total. The number of fused-ring (bicyclic) bond motifs is 2. The number of ether oxygens (including phenoxy) is 8. The molecule has 354 valence electrons. The SMILES string of the molecule is CC(C)Oc1c2cc(NC(=O)CC(=O)O)cc1Cc1cccc3c1OCCOCCOCCOCCOCCOc1c(cccc1Cc1cc(NC(=O)CC(=O)O)cc(c1OC(C)C)C3)C2. The van der Waals surface area contributed by atoms with Crippen molar-refractivity contribution in [2.45, 2.75) is 78.4 Å². The number of para-hydroxylation sites is 2. The van der Waals surface area contributed by atoms with Crippen LogP contribution in [0.15, 0.2) is 60.7 Å². The van der Waals surface area contributed by atoms with Crippen molar-refractivity contribution >= 4 is 35.1 Å². The fraction of sp³-hybridized carbons (Fsp3) is 0.440. The summed E-state index contributed by atoms with van der Waals surface area (Å²) < 4.78 is 49.9. The lowest BCUT2D eigenvalue weighted by molar-refractivity contribution is -0.141. The summed E-state index contributed by atoms with van der Waals surface area (Å²) in [7, 11) is 0. The molecule has 0 atom stereocenters. The normalized spacial score (nSPS) is 15.2. The zero-order valence-corrected chi connectivity index (χ0v) is 38.0. The van der Waals surface area contributed by atoms with Crippen molar-refractivity contribution in [2.75, 3.05) is 76.7 Å². The second-order valence-electron chi connectivity index (χ2n) is 16.5. The molecule has 0 saturated heterocycles. The number of hydrogen-bond donors (Lipinski definition) is 4. The number of hydrogen-bond acceptors (Lipinski definition) is 12. The molecule has 4 aromatic carbocycles. The molecule has 0 unspecified atom stereocenters. The van der Waals surface area contributed by atoms with E-state index in [0.717, 1.165) is 22.3 Å². The molecule has 4 N–H and O–H groups in total. The van der Waals surface area contributed by atoms with Gasteiger partial charge in [-0.05, 0) is 74.2 Å². The maximum atomic E-state index is 13.0. The van der Waals surface area contributed by atoms with E-state index in [9.17, 15) is 29.4 Å². The smallest absolute Gasteiger partial charge is 0.312 e. The van der Waals surface area contributed by atoms with Gasteiger partial charge in [0.05, 0.1) is 65.1 Å². The molecule has 6 rings (SSSR count). The fourth-order valence-corrected chi connectivity index (χ4v) is 7.83. The van der Waals surface area contributed by atoms with Crippen LogP contribution in [-0.2, 0) is 63.8 Å². The molecule has 4 aromatic rings. The van der Waals surface area contributed by atoms with Gasteiger partial charge in [-0.25, -0.2) is 0 Å². The molecule has 0 radical (unpaired) electrons. The minimum atomic E-state index is -1.26. The Balaban J connectivity index is 1.61. The highest BCUT2D eigenvalue weighted by molar-refractivity contribution is 6.02. The van der Waals surface area contributed by atoms with Gasteiger partial charge in [-0.1, -0.05) is 36.4 Å². The van der Waals surface area contributed by atoms with E-state index in [4.69, 9.17) is 37.9 Å². The van der Waals surface area contributed by atoms with E-state index in [1.165, 1.54) is 0 Å². The molecular formula is C50H60N2O14. The second-order valence-corrected chi connectivity index (χ2v) is 16.5. The maximum absolute atomic E-state index is 13.0. The summed E-state index contributed by atoms with van der Waals surface area (Å²) in [6.07, 6.45) is -0.867. The molecule has 10 bridgehead atoms. The van der Waals surface area contributed by atoms with Crippen LogP contribution in [0, 0.1) is 0 Å². The van der Waals surface area contributed by atoms with Gasteiger partial charge < -0.3 is 58.7 Å². The number of carboxylic acid groups (broad SMARTS) is 2. The first-order valence-corrected chi connectivity index (χ1v) is 22.3. The molecule has 1 aliphatic carbocycles. The average Bonchev–Trinajstić information content (AvgIpc) is 3.23. The monoisotopic (exact) mass is 912 g/mol. The summed E-state index contributed by atoms with van der Waals surface area (Å²) in [5.41, 5.74) is 6.77. The third-order valence-corrected chi connectivity index (χ3v) is 10.3. The van der Waals surface area contributed by atoms with Gasteiger partial charge in [0.1, 0.15) is 49.1 Å². The summed E-state index contributed by atoms with van der Waals surface area (Å²) in [5.74, 6) is -1.53. The largest absolute Gasteiger partial charge is 0.491 e. The van der Waals surface area contributed by atoms with Crippen molar-refractivity contribution < 1.29 is 67.3 Å². The van der Waals surface area contributed by atoms with E-state index in [2.05, 4.69) is 10.6 Å². The highest BCUT2D eigenvalue weighted by Crippen LogP contribution is 2.41. The molecule has 1 aliphatic heterocycles. The lowest BCUT2D eigenvalue weighted by Gasteiger charge is -2.25. The van der Waals surface area contributed by atoms with Crippen molar-refractivity contribution in [1.29, 1.82) is 0 Å². The van der Waals surface area contributed by atoms with E-state index in [1.807, 2.05) is 64.1 Å². The Hall–Kier alpha value is -6.20. The summed E-state index contributed by atoms with van der Waals surface area (Å²) in [4.78, 5) is 49.2. The van der Waals surface area contributed by atoms with Gasteiger partial charge in [0, 0.05) is 59.3 Å². The first-order chi connectivity index (χ1) is 31.8. The van der Waals surface area contributed by atoms with Crippen LogP contribution in [0.3, 0.4) is 0 Å². The second kappa shape index (κ2) is 24.4. The Labute approximate surface area is 384 Å². The Morgan fingerprint density at radius 1 is 0.485 bits per heavy atom. The predicted molar refractivity (Wildman–Crippen MR) is 245 cm³/mol. The third kappa shape index (κ3) is 14.7. The first kappa shape index (κ1) is 49.2. The Morgan fingerprint density at radius 3 is 1.05 bits per heavy atom. The van der Waals surface area contributed by atoms with Gasteiger partial charge in [-0.3, -0.25) is 19.2 Å². The van der Waals surface area contributed by atoms with Gasteiger partial charge >= 0.3 is 11.9 Å². The first-order valence-electron chi connectivity index (χ1n) is 22.3. The van der Waals surface area contributed by atoms with Crippen LogP contribution in [0.2, 0.25) is 0 Å². The topological polar surface area (TPSA) is 207 Å². The van der Waals surface area contributed by atoms with E-state index in [0.29, 0.717) is 96.3 Å². The maximum Gasteiger partial charge on any atom is 0.312 e. The van der Waals surface area contributed by atoms with Gasteiger partial charge in [0.15, 0.2) is 0 Å². The number of carbonyl (C=O) groups excluding carboxylic acids is 2. The molecular weight excluding hydrogens is 853 g/mol. The molecule has 66 heavy (non-hydrogen) atoms. The predicted octanol–water partition coefficient (Wildman–Crippen LogP) is 6.60. The van der Waals surface area contributed by atoms with Gasteiger partial charge in [-0.15, -0.1) is 0 Å². The van der Waals surface area contributed by atoms with Crippen molar-refractivity contribution in [2.24, 2.45) is 0 Å². The van der Waals surface area contributed by atoms with Crippen molar-refractivity contribution in [3.05, 3.63) is 105 Å². The standard InChI is InChI=1S/C50H60N2O14/c1-31(2)65-49-37-21-33-7-5-9-35-23-39-27-42(52-44(54)30-46(57)58)28-40(50(39)66-32(3)4)24-36-10-6-8-34(22-38(49)26-41(25-37)51-43(53)29-45(55)56)48(36)64-20-18-62-16-14-60-12-11-59-13-15-61-17-19-63-47(33)35/h5-10,25-28,31-32H,11-24,29-30H2,1-4H3,(H,51,53)(H,52,54)(H,55,56)(H,57,58). The number of amides is 2. The Kier molecular flexibility index (Phi) is 18.2. The van der Waals surface area contributed by atoms with Crippen LogP contribution in [0.25, 0.3) is 0 Å². The fourth-order valence-electron chi connectivity index (χ4n) is 7.83. The van der Waals surface area contributed by atoms with Gasteiger partial charge in [0.25, 0.3) is 0 Å². The van der Waals surface area contributed by atoms with Crippen LogP contribution < -0.4 is 29.6 Å². The molecule has 0 aromatic heterocycles. The highest BCUT2D eigenvalue weighted by atomic mass is 16.6.